The van der Waals surface area contributed by atoms with Gasteiger partial charge >= 0.3 is 0 Å². The molecule has 0 spiro atoms. The summed E-state index contributed by atoms with van der Waals surface area (Å²) in [6, 6.07) is 0. The average Bonchev–Trinajstić information content (AvgIpc) is 2.55. The van der Waals surface area contributed by atoms with Crippen LogP contribution in [0.15, 0.2) is 0 Å². The van der Waals surface area contributed by atoms with Gasteiger partial charge in [0, 0.05) is 39.9 Å². The lowest BCUT2D eigenvalue weighted by Crippen LogP contribution is -2.36. The molecule has 1 aliphatic rings. The highest BCUT2D eigenvalue weighted by atomic mass is 32.2. The van der Waals surface area contributed by atoms with E-state index in [0.29, 0.717) is 19.5 Å². The van der Waals surface area contributed by atoms with E-state index >= 15 is 0 Å². The van der Waals surface area contributed by atoms with Crippen LogP contribution in [0.5, 0.6) is 0 Å². The summed E-state index contributed by atoms with van der Waals surface area (Å²) in [6.45, 7) is 6.81. The van der Waals surface area contributed by atoms with E-state index in [2.05, 4.69) is 4.90 Å². The minimum atomic E-state index is -3.02. The molecule has 0 aromatic rings. The topological polar surface area (TPSA) is 49.9 Å². The van der Waals surface area contributed by atoms with E-state index < -0.39 is 10.0 Å². The first-order chi connectivity index (χ1) is 8.60. The molecule has 0 unspecified atom stereocenters. The fourth-order valence-corrected chi connectivity index (χ4v) is 3.81. The molecule has 1 saturated heterocycles. The average molecular weight is 278 g/mol. The first-order valence-electron chi connectivity index (χ1n) is 6.79. The Labute approximate surface area is 111 Å². The first-order valence-corrected chi connectivity index (χ1v) is 8.40. The number of methoxy groups -OCH3 is 1. The van der Waals surface area contributed by atoms with Crippen molar-refractivity contribution in [2.45, 2.75) is 26.2 Å². The lowest BCUT2D eigenvalue weighted by Gasteiger charge is -2.21. The maximum absolute atomic E-state index is 12.0. The third-order valence-electron chi connectivity index (χ3n) is 3.23. The summed E-state index contributed by atoms with van der Waals surface area (Å²) < 4.78 is 30.7. The zero-order valence-electron chi connectivity index (χ0n) is 11.6. The smallest absolute Gasteiger partial charge is 0.214 e. The van der Waals surface area contributed by atoms with Crippen LogP contribution in [-0.2, 0) is 14.8 Å². The van der Waals surface area contributed by atoms with Crippen molar-refractivity contribution in [3.63, 3.8) is 0 Å². The van der Waals surface area contributed by atoms with Crippen LogP contribution in [0.1, 0.15) is 26.2 Å². The van der Waals surface area contributed by atoms with E-state index in [9.17, 15) is 8.42 Å². The Morgan fingerprint density at radius 1 is 1.17 bits per heavy atom. The number of rotatable bonds is 7. The largest absolute Gasteiger partial charge is 0.385 e. The molecule has 0 radical (unpaired) electrons. The lowest BCUT2D eigenvalue weighted by molar-refractivity contribution is 0.173. The van der Waals surface area contributed by atoms with Gasteiger partial charge in [-0.05, 0) is 25.8 Å². The molecule has 1 heterocycles. The second kappa shape index (κ2) is 8.09. The second-order valence-corrected chi connectivity index (χ2v) is 6.85. The third-order valence-corrected chi connectivity index (χ3v) is 5.30. The Hall–Kier alpha value is -0.170. The molecule has 6 heteroatoms. The molecular formula is C12H26N2O3S. The molecule has 0 aliphatic carbocycles. The summed E-state index contributed by atoms with van der Waals surface area (Å²) in [7, 11) is -1.31. The fourth-order valence-electron chi connectivity index (χ4n) is 2.27. The highest BCUT2D eigenvalue weighted by Crippen LogP contribution is 2.09. The van der Waals surface area contributed by atoms with Crippen molar-refractivity contribution >= 4 is 10.0 Å². The Morgan fingerprint density at radius 2 is 1.94 bits per heavy atom. The van der Waals surface area contributed by atoms with Crippen LogP contribution in [0.2, 0.25) is 0 Å². The minimum Gasteiger partial charge on any atom is -0.385 e. The molecule has 0 N–H and O–H groups in total. The number of sulfonamides is 1. The molecule has 1 aliphatic heterocycles. The number of ether oxygens (including phenoxy) is 1. The predicted molar refractivity (Wildman–Crippen MR) is 73.2 cm³/mol. The molecular weight excluding hydrogens is 252 g/mol. The highest BCUT2D eigenvalue weighted by molar-refractivity contribution is 7.89. The number of hydrogen-bond donors (Lipinski definition) is 0. The van der Waals surface area contributed by atoms with Crippen molar-refractivity contribution in [1.29, 1.82) is 0 Å². The standard InChI is InChI=1S/C12H26N2O3S/c1-3-12-18(15,16)14-8-4-6-13(9-10-14)7-5-11-17-2/h3-12H2,1-2H3. The third kappa shape index (κ3) is 5.22. The molecule has 108 valence electrons. The fraction of sp³-hybridized carbons (Fsp3) is 1.00. The normalized spacial score (nSPS) is 19.9. The van der Waals surface area contributed by atoms with E-state index in [0.717, 1.165) is 39.1 Å². The van der Waals surface area contributed by atoms with Gasteiger partial charge in [-0.15, -0.1) is 0 Å². The predicted octanol–water partition coefficient (Wildman–Crippen LogP) is 0.770. The quantitative estimate of drug-likeness (QED) is 0.646. The Kier molecular flexibility index (Phi) is 7.14. The van der Waals surface area contributed by atoms with E-state index in [1.54, 1.807) is 11.4 Å². The van der Waals surface area contributed by atoms with E-state index in [-0.39, 0.29) is 5.75 Å². The van der Waals surface area contributed by atoms with Crippen LogP contribution in [-0.4, -0.2) is 69.8 Å². The van der Waals surface area contributed by atoms with Gasteiger partial charge in [-0.1, -0.05) is 6.92 Å². The van der Waals surface area contributed by atoms with Crippen LogP contribution in [0.4, 0.5) is 0 Å². The first kappa shape index (κ1) is 15.9. The van der Waals surface area contributed by atoms with Crippen LogP contribution < -0.4 is 0 Å². The second-order valence-electron chi connectivity index (χ2n) is 4.76. The van der Waals surface area contributed by atoms with E-state index in [4.69, 9.17) is 4.74 Å². The summed E-state index contributed by atoms with van der Waals surface area (Å²) >= 11 is 0. The molecule has 0 aromatic carbocycles. The van der Waals surface area contributed by atoms with E-state index in [1.165, 1.54) is 0 Å². The monoisotopic (exact) mass is 278 g/mol. The zero-order valence-corrected chi connectivity index (χ0v) is 12.4. The van der Waals surface area contributed by atoms with Crippen molar-refractivity contribution in [3.05, 3.63) is 0 Å². The van der Waals surface area contributed by atoms with Gasteiger partial charge in [0.1, 0.15) is 0 Å². The highest BCUT2D eigenvalue weighted by Gasteiger charge is 2.23. The molecule has 1 fully saturated rings. The summed E-state index contributed by atoms with van der Waals surface area (Å²) in [5.41, 5.74) is 0. The summed E-state index contributed by atoms with van der Waals surface area (Å²) in [5, 5.41) is 0. The molecule has 0 bridgehead atoms. The summed E-state index contributed by atoms with van der Waals surface area (Å²) in [5.74, 6) is 0.274. The Bertz CT molecular complexity index is 319. The molecule has 5 nitrogen and oxygen atoms in total. The van der Waals surface area contributed by atoms with Gasteiger partial charge < -0.3 is 9.64 Å². The van der Waals surface area contributed by atoms with Crippen LogP contribution in [0.25, 0.3) is 0 Å². The lowest BCUT2D eigenvalue weighted by atomic mass is 10.3. The van der Waals surface area contributed by atoms with Gasteiger partial charge in [-0.25, -0.2) is 12.7 Å². The van der Waals surface area contributed by atoms with Crippen LogP contribution in [0, 0.1) is 0 Å². The Balaban J connectivity index is 2.41. The van der Waals surface area contributed by atoms with Crippen LogP contribution >= 0.6 is 0 Å². The zero-order chi connectivity index (χ0) is 13.4. The summed E-state index contributed by atoms with van der Waals surface area (Å²) in [6.07, 6.45) is 2.63. The van der Waals surface area contributed by atoms with Crippen molar-refractivity contribution in [2.75, 3.05) is 52.2 Å². The van der Waals surface area contributed by atoms with Gasteiger partial charge in [-0.3, -0.25) is 0 Å². The van der Waals surface area contributed by atoms with E-state index in [1.807, 2.05) is 6.92 Å². The van der Waals surface area contributed by atoms with Gasteiger partial charge in [0.2, 0.25) is 10.0 Å². The van der Waals surface area contributed by atoms with Crippen molar-refractivity contribution in [2.24, 2.45) is 0 Å². The summed E-state index contributed by atoms with van der Waals surface area (Å²) in [4.78, 5) is 2.33. The van der Waals surface area contributed by atoms with Crippen molar-refractivity contribution in [1.82, 2.24) is 9.21 Å². The van der Waals surface area contributed by atoms with Crippen molar-refractivity contribution < 1.29 is 13.2 Å². The molecule has 18 heavy (non-hydrogen) atoms. The van der Waals surface area contributed by atoms with Crippen molar-refractivity contribution in [3.8, 4) is 0 Å². The van der Waals surface area contributed by atoms with Gasteiger partial charge in [-0.2, -0.15) is 0 Å². The van der Waals surface area contributed by atoms with Gasteiger partial charge in [0.15, 0.2) is 0 Å². The van der Waals surface area contributed by atoms with Crippen LogP contribution in [0.3, 0.4) is 0 Å². The SMILES string of the molecule is CCCS(=O)(=O)N1CCCN(CCCOC)CC1. The molecule has 0 amide bonds. The number of nitrogens with zero attached hydrogens (tertiary/aromatic N) is 2. The maximum Gasteiger partial charge on any atom is 0.214 e. The molecule has 1 rings (SSSR count). The number of hydrogen-bond acceptors (Lipinski definition) is 4. The van der Waals surface area contributed by atoms with Gasteiger partial charge in [0.25, 0.3) is 0 Å². The molecule has 0 saturated carbocycles. The van der Waals surface area contributed by atoms with Gasteiger partial charge in [0.05, 0.1) is 5.75 Å². The molecule has 0 atom stereocenters. The Morgan fingerprint density at radius 3 is 2.61 bits per heavy atom. The molecule has 0 aromatic heterocycles. The maximum atomic E-state index is 12.0. The minimum absolute atomic E-state index is 0.274.